The Hall–Kier alpha value is 0.123. The average molecular weight is 335 g/mol. The van der Waals surface area contributed by atoms with Crippen LogP contribution < -0.4 is 24.8 Å². The molecule has 0 bridgehead atoms. The van der Waals surface area contributed by atoms with Crippen LogP contribution in [0.3, 0.4) is 0 Å². The number of hydrogen-bond acceptors (Lipinski definition) is 1. The molecule has 0 saturated heterocycles. The minimum atomic E-state index is 0. The molecule has 0 amide bonds. The van der Waals surface area contributed by atoms with Gasteiger partial charge in [-0.05, 0) is 5.56 Å². The van der Waals surface area contributed by atoms with Crippen molar-refractivity contribution >= 4 is 0 Å². The third kappa shape index (κ3) is 10.6. The van der Waals surface area contributed by atoms with Crippen molar-refractivity contribution in [3.8, 4) is 0 Å². The van der Waals surface area contributed by atoms with Gasteiger partial charge < -0.3 is 29.9 Å². The molecule has 1 aliphatic rings. The molecule has 0 unspecified atom stereocenters. The Kier molecular flexibility index (Phi) is 20.2. The Morgan fingerprint density at radius 1 is 1.12 bits per heavy atom. The van der Waals surface area contributed by atoms with E-state index in [1.54, 1.807) is 0 Å². The minimum absolute atomic E-state index is 0. The van der Waals surface area contributed by atoms with Crippen molar-refractivity contribution in [3.63, 3.8) is 0 Å². The van der Waals surface area contributed by atoms with Crippen molar-refractivity contribution in [1.29, 1.82) is 0 Å². The van der Waals surface area contributed by atoms with Crippen LogP contribution in [0.15, 0.2) is 48.6 Å². The topological polar surface area (TPSA) is 20.2 Å². The first-order valence-corrected chi connectivity index (χ1v) is 4.30. The van der Waals surface area contributed by atoms with E-state index in [0.717, 1.165) is 12.0 Å². The molecule has 0 fully saturated rings. The third-order valence-corrected chi connectivity index (χ3v) is 1.61. The van der Waals surface area contributed by atoms with E-state index in [9.17, 15) is 0 Å². The SMILES string of the molecule is OCc1ccccc1.[C-]1=CC=CC1.[Cl-].[Cl-].[Zr+3]. The van der Waals surface area contributed by atoms with Gasteiger partial charge in [-0.15, -0.1) is 6.42 Å². The zero-order valence-electron chi connectivity index (χ0n) is 8.74. The maximum Gasteiger partial charge on any atom is 3.00 e. The molecule has 1 N–H and O–H groups in total. The van der Waals surface area contributed by atoms with Crippen molar-refractivity contribution in [1.82, 2.24) is 0 Å². The number of aliphatic hydroxyl groups excluding tert-OH is 1. The summed E-state index contributed by atoms with van der Waals surface area (Å²) >= 11 is 0. The summed E-state index contributed by atoms with van der Waals surface area (Å²) in [6.07, 6.45) is 10.0. The van der Waals surface area contributed by atoms with Crippen LogP contribution in [-0.2, 0) is 32.8 Å². The van der Waals surface area contributed by atoms with Gasteiger partial charge in [0, 0.05) is 0 Å². The molecule has 85 valence electrons. The summed E-state index contributed by atoms with van der Waals surface area (Å²) in [6.45, 7) is 0.140. The molecular weight excluding hydrogens is 322 g/mol. The van der Waals surface area contributed by atoms with Gasteiger partial charge in [-0.25, -0.2) is 12.2 Å². The summed E-state index contributed by atoms with van der Waals surface area (Å²) < 4.78 is 0. The molecule has 4 heteroatoms. The van der Waals surface area contributed by atoms with Crippen molar-refractivity contribution in [2.75, 3.05) is 0 Å². The molecule has 1 aromatic carbocycles. The Morgan fingerprint density at radius 2 is 1.75 bits per heavy atom. The quantitative estimate of drug-likeness (QED) is 0.528. The molecule has 1 nitrogen and oxygen atoms in total. The smallest absolute Gasteiger partial charge is 1.00 e. The first kappa shape index (κ1) is 21.4. The van der Waals surface area contributed by atoms with Crippen LogP contribution in [0, 0.1) is 6.08 Å². The van der Waals surface area contributed by atoms with Crippen LogP contribution >= 0.6 is 0 Å². The van der Waals surface area contributed by atoms with Crippen molar-refractivity contribution in [2.45, 2.75) is 13.0 Å². The van der Waals surface area contributed by atoms with Gasteiger partial charge in [-0.2, -0.15) is 6.08 Å². The van der Waals surface area contributed by atoms with Gasteiger partial charge in [0.25, 0.3) is 0 Å². The molecule has 0 atom stereocenters. The predicted octanol–water partition coefficient (Wildman–Crippen LogP) is -3.51. The fourth-order valence-corrected chi connectivity index (χ4v) is 0.924. The zero-order chi connectivity index (χ0) is 9.36. The van der Waals surface area contributed by atoms with E-state index in [-0.39, 0.29) is 57.6 Å². The molecule has 0 aliphatic heterocycles. The Labute approximate surface area is 129 Å². The second-order valence-corrected chi connectivity index (χ2v) is 2.65. The number of hydrogen-bond donors (Lipinski definition) is 1. The van der Waals surface area contributed by atoms with E-state index in [4.69, 9.17) is 5.11 Å². The van der Waals surface area contributed by atoms with Crippen LogP contribution in [0.25, 0.3) is 0 Å². The normalized spacial score (nSPS) is 10.1. The molecule has 16 heavy (non-hydrogen) atoms. The van der Waals surface area contributed by atoms with Crippen LogP contribution in [0.5, 0.6) is 0 Å². The molecule has 0 saturated carbocycles. The maximum atomic E-state index is 8.54. The summed E-state index contributed by atoms with van der Waals surface area (Å²) in [5, 5.41) is 8.54. The van der Waals surface area contributed by atoms with E-state index < -0.39 is 0 Å². The van der Waals surface area contributed by atoms with Crippen molar-refractivity contribution < 1.29 is 56.1 Å². The molecule has 0 heterocycles. The number of benzene rings is 1. The van der Waals surface area contributed by atoms with Crippen LogP contribution in [0.2, 0.25) is 0 Å². The molecule has 1 aliphatic carbocycles. The van der Waals surface area contributed by atoms with Gasteiger partial charge >= 0.3 is 26.2 Å². The average Bonchev–Trinajstić information content (AvgIpc) is 2.77. The van der Waals surface area contributed by atoms with Gasteiger partial charge in [0.1, 0.15) is 0 Å². The van der Waals surface area contributed by atoms with Crippen molar-refractivity contribution in [3.05, 3.63) is 60.2 Å². The predicted molar refractivity (Wildman–Crippen MR) is 53.9 cm³/mol. The molecular formula is C12H13Cl2OZr. The Morgan fingerprint density at radius 3 is 2.00 bits per heavy atom. The summed E-state index contributed by atoms with van der Waals surface area (Å²) in [7, 11) is 0. The second-order valence-electron chi connectivity index (χ2n) is 2.65. The van der Waals surface area contributed by atoms with E-state index >= 15 is 0 Å². The van der Waals surface area contributed by atoms with Crippen molar-refractivity contribution in [2.24, 2.45) is 0 Å². The molecule has 1 aromatic rings. The van der Waals surface area contributed by atoms with E-state index in [1.165, 1.54) is 0 Å². The second kappa shape index (κ2) is 15.1. The summed E-state index contributed by atoms with van der Waals surface area (Å²) in [5.41, 5.74) is 0.965. The Balaban J connectivity index is -0.000000189. The third-order valence-electron chi connectivity index (χ3n) is 1.61. The summed E-state index contributed by atoms with van der Waals surface area (Å²) in [4.78, 5) is 0. The van der Waals surface area contributed by atoms with Gasteiger partial charge in [0.2, 0.25) is 0 Å². The molecule has 2 rings (SSSR count). The number of halogens is 2. The molecule has 0 aromatic heterocycles. The monoisotopic (exact) mass is 333 g/mol. The van der Waals surface area contributed by atoms with Crippen LogP contribution in [0.4, 0.5) is 0 Å². The standard InChI is InChI=1S/C7H8O.C5H5.2ClH.Zr/c8-6-7-4-2-1-3-5-7;1-2-4-5-3-1;;;/h1-5,8H,6H2;1-3H,4H2;2*1H;/q;-1;;;+3/p-2. The van der Waals surface area contributed by atoms with Gasteiger partial charge in [-0.1, -0.05) is 30.3 Å². The number of rotatable bonds is 1. The first-order valence-electron chi connectivity index (χ1n) is 4.30. The van der Waals surface area contributed by atoms with Gasteiger partial charge in [0.15, 0.2) is 0 Å². The fraction of sp³-hybridized carbons (Fsp3) is 0.167. The van der Waals surface area contributed by atoms with Crippen LogP contribution in [-0.4, -0.2) is 5.11 Å². The summed E-state index contributed by atoms with van der Waals surface area (Å²) in [5.74, 6) is 0. The fourth-order valence-electron chi connectivity index (χ4n) is 0.924. The maximum absolute atomic E-state index is 8.54. The first-order chi connectivity index (χ1) is 6.43. The Bertz CT molecular complexity index is 276. The summed E-state index contributed by atoms with van der Waals surface area (Å²) in [6, 6.07) is 9.52. The number of aliphatic hydroxyl groups is 1. The minimum Gasteiger partial charge on any atom is -1.00 e. The molecule has 0 spiro atoms. The zero-order valence-corrected chi connectivity index (χ0v) is 12.7. The van der Waals surface area contributed by atoms with Gasteiger partial charge in [-0.3, -0.25) is 6.08 Å². The molecule has 1 radical (unpaired) electrons. The van der Waals surface area contributed by atoms with E-state index in [2.05, 4.69) is 12.2 Å². The van der Waals surface area contributed by atoms with Gasteiger partial charge in [0.05, 0.1) is 6.61 Å². The number of allylic oxidation sites excluding steroid dienone is 4. The van der Waals surface area contributed by atoms with E-state index in [0.29, 0.717) is 0 Å². The van der Waals surface area contributed by atoms with E-state index in [1.807, 2.05) is 42.5 Å². The van der Waals surface area contributed by atoms with Crippen LogP contribution in [0.1, 0.15) is 12.0 Å². The largest absolute Gasteiger partial charge is 3.00 e.